The van der Waals surface area contributed by atoms with Crippen LogP contribution < -0.4 is 10.6 Å². The van der Waals surface area contributed by atoms with Crippen LogP contribution in [0.5, 0.6) is 0 Å². The van der Waals surface area contributed by atoms with Crippen LogP contribution in [0.2, 0.25) is 0 Å². The zero-order valence-electron chi connectivity index (χ0n) is 10.6. The van der Waals surface area contributed by atoms with Crippen molar-refractivity contribution in [2.75, 3.05) is 18.6 Å². The zero-order valence-corrected chi connectivity index (χ0v) is 10.6. The van der Waals surface area contributed by atoms with Crippen molar-refractivity contribution in [3.05, 3.63) is 30.5 Å². The maximum Gasteiger partial charge on any atom is 0.319 e. The first-order valence-corrected chi connectivity index (χ1v) is 5.83. The number of hydrogen-bond donors (Lipinski definition) is 2. The molecular formula is C13H15N3O3. The monoisotopic (exact) mass is 261 g/mol. The predicted molar refractivity (Wildman–Crippen MR) is 71.9 cm³/mol. The zero-order chi connectivity index (χ0) is 13.8. The number of methoxy groups -OCH3 is 1. The Hall–Kier alpha value is -2.50. The number of nitrogens with two attached hydrogens (primary N) is 1. The summed E-state index contributed by atoms with van der Waals surface area (Å²) < 4.78 is 4.56. The fraction of sp³-hybridized carbons (Fsp3) is 0.231. The van der Waals surface area contributed by atoms with E-state index in [0.717, 1.165) is 10.9 Å². The molecule has 0 bridgehead atoms. The number of aromatic amines is 1. The van der Waals surface area contributed by atoms with Crippen molar-refractivity contribution in [3.63, 3.8) is 0 Å². The van der Waals surface area contributed by atoms with E-state index in [2.05, 4.69) is 9.72 Å². The van der Waals surface area contributed by atoms with Crippen molar-refractivity contribution in [1.29, 1.82) is 0 Å². The molecule has 100 valence electrons. The number of carbonyl (C=O) groups is 2. The lowest BCUT2D eigenvalue weighted by Gasteiger charge is -2.20. The van der Waals surface area contributed by atoms with Crippen LogP contribution in [0.1, 0.15) is 6.42 Å². The molecule has 6 nitrogen and oxygen atoms in total. The SMILES string of the molecule is COC(=O)CCN(C(N)=O)c1cccc2[nH]ccc12. The van der Waals surface area contributed by atoms with Crippen molar-refractivity contribution in [2.24, 2.45) is 5.73 Å². The van der Waals surface area contributed by atoms with Crippen LogP contribution in [-0.2, 0) is 9.53 Å². The van der Waals surface area contributed by atoms with Crippen LogP contribution in [-0.4, -0.2) is 30.6 Å². The van der Waals surface area contributed by atoms with Crippen LogP contribution in [0, 0.1) is 0 Å². The van der Waals surface area contributed by atoms with E-state index in [0.29, 0.717) is 5.69 Å². The summed E-state index contributed by atoms with van der Waals surface area (Å²) in [6.45, 7) is 0.187. The first-order chi connectivity index (χ1) is 9.13. The first-order valence-electron chi connectivity index (χ1n) is 5.83. The first kappa shape index (κ1) is 12.9. The number of ether oxygens (including phenoxy) is 1. The molecule has 0 atom stereocenters. The Balaban J connectivity index is 2.31. The molecule has 0 aliphatic rings. The molecule has 0 fully saturated rings. The molecule has 0 unspecified atom stereocenters. The number of benzene rings is 1. The van der Waals surface area contributed by atoms with Crippen molar-refractivity contribution in [1.82, 2.24) is 4.98 Å². The Morgan fingerprint density at radius 1 is 1.37 bits per heavy atom. The van der Waals surface area contributed by atoms with Crippen LogP contribution in [0.15, 0.2) is 30.5 Å². The minimum atomic E-state index is -0.599. The van der Waals surface area contributed by atoms with Crippen molar-refractivity contribution in [3.8, 4) is 0 Å². The highest BCUT2D eigenvalue weighted by molar-refractivity contribution is 6.02. The van der Waals surface area contributed by atoms with Gasteiger partial charge in [0.2, 0.25) is 0 Å². The molecule has 2 rings (SSSR count). The number of rotatable bonds is 4. The summed E-state index contributed by atoms with van der Waals surface area (Å²) in [6.07, 6.45) is 1.88. The molecule has 0 saturated heterocycles. The number of amides is 2. The number of primary amides is 1. The second kappa shape index (κ2) is 5.43. The number of esters is 1. The number of urea groups is 1. The normalized spacial score (nSPS) is 10.4. The molecule has 19 heavy (non-hydrogen) atoms. The minimum Gasteiger partial charge on any atom is -0.469 e. The molecular weight excluding hydrogens is 246 g/mol. The summed E-state index contributed by atoms with van der Waals surface area (Å²) in [5.74, 6) is -0.382. The van der Waals surface area contributed by atoms with Gasteiger partial charge in [0, 0.05) is 23.6 Å². The van der Waals surface area contributed by atoms with Gasteiger partial charge in [-0.15, -0.1) is 0 Å². The van der Waals surface area contributed by atoms with Crippen molar-refractivity contribution < 1.29 is 14.3 Å². The molecule has 6 heteroatoms. The van der Waals surface area contributed by atoms with E-state index in [1.807, 2.05) is 18.2 Å². The van der Waals surface area contributed by atoms with E-state index in [-0.39, 0.29) is 18.9 Å². The molecule has 2 aromatic rings. The molecule has 0 spiro atoms. The van der Waals surface area contributed by atoms with E-state index >= 15 is 0 Å². The second-order valence-electron chi connectivity index (χ2n) is 4.03. The van der Waals surface area contributed by atoms with Gasteiger partial charge in [0.1, 0.15) is 0 Å². The fourth-order valence-corrected chi connectivity index (χ4v) is 1.96. The summed E-state index contributed by atoms with van der Waals surface area (Å²) in [7, 11) is 1.31. The number of carbonyl (C=O) groups excluding carboxylic acids is 2. The third kappa shape index (κ3) is 2.67. The third-order valence-electron chi connectivity index (χ3n) is 2.90. The molecule has 0 saturated carbocycles. The molecule has 0 aliphatic carbocycles. The van der Waals surface area contributed by atoms with E-state index < -0.39 is 6.03 Å². The van der Waals surface area contributed by atoms with E-state index in [9.17, 15) is 9.59 Å². The standard InChI is InChI=1S/C13H15N3O3/c1-19-12(17)6-8-16(13(14)18)11-4-2-3-10-9(11)5-7-15-10/h2-5,7,15H,6,8H2,1H3,(H2,14,18). The molecule has 3 N–H and O–H groups in total. The van der Waals surface area contributed by atoms with Gasteiger partial charge in [0.25, 0.3) is 0 Å². The Labute approximate surface area is 110 Å². The Bertz CT molecular complexity index is 606. The highest BCUT2D eigenvalue weighted by Gasteiger charge is 2.16. The van der Waals surface area contributed by atoms with Crippen LogP contribution in [0.3, 0.4) is 0 Å². The topological polar surface area (TPSA) is 88.4 Å². The molecule has 1 aromatic heterocycles. The van der Waals surface area contributed by atoms with Crippen LogP contribution in [0.4, 0.5) is 10.5 Å². The van der Waals surface area contributed by atoms with E-state index in [1.165, 1.54) is 12.0 Å². The van der Waals surface area contributed by atoms with Gasteiger partial charge in [0.05, 0.1) is 19.2 Å². The summed E-state index contributed by atoms with van der Waals surface area (Å²) in [5, 5.41) is 0.881. The smallest absolute Gasteiger partial charge is 0.319 e. The quantitative estimate of drug-likeness (QED) is 0.819. The molecule has 2 amide bonds. The van der Waals surface area contributed by atoms with Crippen molar-refractivity contribution in [2.45, 2.75) is 6.42 Å². The number of anilines is 1. The lowest BCUT2D eigenvalue weighted by Crippen LogP contribution is -2.37. The predicted octanol–water partition coefficient (Wildman–Crippen LogP) is 1.62. The maximum atomic E-state index is 11.6. The van der Waals surface area contributed by atoms with Crippen LogP contribution >= 0.6 is 0 Å². The number of H-pyrrole nitrogens is 1. The largest absolute Gasteiger partial charge is 0.469 e. The fourth-order valence-electron chi connectivity index (χ4n) is 1.96. The van der Waals surface area contributed by atoms with E-state index in [4.69, 9.17) is 5.73 Å². The average Bonchev–Trinajstić information content (AvgIpc) is 2.87. The highest BCUT2D eigenvalue weighted by atomic mass is 16.5. The summed E-state index contributed by atoms with van der Waals surface area (Å²) in [6, 6.07) is 6.77. The Morgan fingerprint density at radius 3 is 2.84 bits per heavy atom. The Morgan fingerprint density at radius 2 is 2.16 bits per heavy atom. The highest BCUT2D eigenvalue weighted by Crippen LogP contribution is 2.26. The molecule has 0 aliphatic heterocycles. The lowest BCUT2D eigenvalue weighted by molar-refractivity contribution is -0.140. The number of fused-ring (bicyclic) bond motifs is 1. The molecule has 0 radical (unpaired) electrons. The second-order valence-corrected chi connectivity index (χ2v) is 4.03. The van der Waals surface area contributed by atoms with Crippen LogP contribution in [0.25, 0.3) is 10.9 Å². The lowest BCUT2D eigenvalue weighted by atomic mass is 10.2. The van der Waals surface area contributed by atoms with Gasteiger partial charge in [-0.05, 0) is 18.2 Å². The number of nitrogens with one attached hydrogen (secondary N) is 1. The average molecular weight is 261 g/mol. The Kier molecular flexibility index (Phi) is 3.70. The van der Waals surface area contributed by atoms with Gasteiger partial charge in [-0.2, -0.15) is 0 Å². The summed E-state index contributed by atoms with van der Waals surface area (Å²) >= 11 is 0. The maximum absolute atomic E-state index is 11.6. The van der Waals surface area contributed by atoms with Crippen molar-refractivity contribution >= 4 is 28.6 Å². The minimum absolute atomic E-state index is 0.0975. The van der Waals surface area contributed by atoms with Gasteiger partial charge in [-0.25, -0.2) is 4.79 Å². The molecule has 1 heterocycles. The van der Waals surface area contributed by atoms with E-state index in [1.54, 1.807) is 12.3 Å². The summed E-state index contributed by atoms with van der Waals surface area (Å²) in [4.78, 5) is 27.2. The molecule has 1 aromatic carbocycles. The van der Waals surface area contributed by atoms with Gasteiger partial charge in [-0.3, -0.25) is 9.69 Å². The number of hydrogen-bond acceptors (Lipinski definition) is 3. The summed E-state index contributed by atoms with van der Waals surface area (Å²) in [5.41, 5.74) is 6.96. The number of nitrogens with zero attached hydrogens (tertiary/aromatic N) is 1. The number of aromatic nitrogens is 1. The van der Waals surface area contributed by atoms with Gasteiger partial charge in [-0.1, -0.05) is 6.07 Å². The third-order valence-corrected chi connectivity index (χ3v) is 2.90. The van der Waals surface area contributed by atoms with Gasteiger partial charge < -0.3 is 15.5 Å². The van der Waals surface area contributed by atoms with Gasteiger partial charge >= 0.3 is 12.0 Å². The van der Waals surface area contributed by atoms with Gasteiger partial charge in [0.15, 0.2) is 0 Å².